The highest BCUT2D eigenvalue weighted by molar-refractivity contribution is 9.09. The number of carbonyl (C=O) groups excluding carboxylic acids is 2. The Bertz CT molecular complexity index is 418. The first-order chi connectivity index (χ1) is 9.91. The number of carbonyl (C=O) groups is 4. The van der Waals surface area contributed by atoms with E-state index in [-0.39, 0.29) is 24.3 Å². The number of rotatable bonds is 6. The molecule has 0 rings (SSSR count). The number of nitrogens with one attached hydrogen (secondary N) is 2. The molecule has 0 unspecified atom stereocenters. The van der Waals surface area contributed by atoms with Gasteiger partial charge in [-0.15, -0.1) is 0 Å². The van der Waals surface area contributed by atoms with Crippen molar-refractivity contribution in [2.75, 3.05) is 18.4 Å². The molecule has 0 aliphatic rings. The van der Waals surface area contributed by atoms with Gasteiger partial charge < -0.3 is 26.6 Å². The molecule has 0 saturated heterocycles. The molecule has 0 fully saturated rings. The number of hydrogen-bond acceptors (Lipinski definition) is 5. The van der Waals surface area contributed by atoms with Gasteiger partial charge in [0.1, 0.15) is 6.04 Å². The summed E-state index contributed by atoms with van der Waals surface area (Å²) >= 11 is 2.90. The quantitative estimate of drug-likeness (QED) is 0.348. The SMILES string of the molecule is N[C@H](CNC(=O)CNC(=O)CBr)C(=O)O.O=C(O)C(F)(F)F. The number of hydrogen-bond donors (Lipinski definition) is 5. The maximum Gasteiger partial charge on any atom is 0.490 e. The van der Waals surface area contributed by atoms with Crippen LogP contribution in [0.2, 0.25) is 0 Å². The first kappa shape index (κ1) is 22.4. The molecule has 13 heteroatoms. The molecule has 0 aliphatic carbocycles. The maximum atomic E-state index is 11.0. The summed E-state index contributed by atoms with van der Waals surface area (Å²) in [5.74, 6) is -4.76. The van der Waals surface area contributed by atoms with Crippen LogP contribution >= 0.6 is 15.9 Å². The Morgan fingerprint density at radius 2 is 1.55 bits per heavy atom. The summed E-state index contributed by atoms with van der Waals surface area (Å²) in [6, 6.07) is -1.14. The number of alkyl halides is 4. The third-order valence-electron chi connectivity index (χ3n) is 1.65. The topological polar surface area (TPSA) is 159 Å². The summed E-state index contributed by atoms with van der Waals surface area (Å²) in [5, 5.41) is 20.2. The van der Waals surface area contributed by atoms with Crippen LogP contribution in [0.4, 0.5) is 13.2 Å². The minimum absolute atomic E-state index is 0.106. The second-order valence-electron chi connectivity index (χ2n) is 3.46. The standard InChI is InChI=1S/C7H12BrN3O4.C2HF3O2/c8-1-5(12)11-3-6(13)10-2-4(9)7(14)15;3-2(4,5)1(6)7/h4H,1-3,9H2,(H,10,13)(H,11,12)(H,14,15);(H,6,7)/t4-;/m1./s1. The van der Waals surface area contributed by atoms with Crippen molar-refractivity contribution in [3.05, 3.63) is 0 Å². The molecule has 2 amide bonds. The van der Waals surface area contributed by atoms with Gasteiger partial charge in [-0.05, 0) is 0 Å². The van der Waals surface area contributed by atoms with E-state index in [2.05, 4.69) is 26.6 Å². The molecular weight excluding hydrogens is 383 g/mol. The van der Waals surface area contributed by atoms with Crippen molar-refractivity contribution in [3.8, 4) is 0 Å². The van der Waals surface area contributed by atoms with E-state index < -0.39 is 30.1 Å². The zero-order valence-electron chi connectivity index (χ0n) is 10.8. The van der Waals surface area contributed by atoms with Crippen molar-refractivity contribution < 1.29 is 42.6 Å². The molecule has 0 bridgehead atoms. The van der Waals surface area contributed by atoms with E-state index >= 15 is 0 Å². The van der Waals surface area contributed by atoms with Crippen LogP contribution < -0.4 is 16.4 Å². The minimum Gasteiger partial charge on any atom is -0.480 e. The van der Waals surface area contributed by atoms with Gasteiger partial charge in [-0.1, -0.05) is 15.9 Å². The maximum absolute atomic E-state index is 11.0. The van der Waals surface area contributed by atoms with Crippen molar-refractivity contribution in [1.82, 2.24) is 10.6 Å². The van der Waals surface area contributed by atoms with Crippen molar-refractivity contribution >= 4 is 39.7 Å². The molecule has 0 spiro atoms. The fraction of sp³-hybridized carbons (Fsp3) is 0.556. The number of aliphatic carboxylic acids is 2. The Balaban J connectivity index is 0. The second-order valence-corrected chi connectivity index (χ2v) is 4.02. The van der Waals surface area contributed by atoms with Gasteiger partial charge in [0, 0.05) is 6.54 Å². The van der Waals surface area contributed by atoms with Crippen LogP contribution in [0.25, 0.3) is 0 Å². The molecule has 6 N–H and O–H groups in total. The predicted molar refractivity (Wildman–Crippen MR) is 69.1 cm³/mol. The van der Waals surface area contributed by atoms with Gasteiger partial charge >= 0.3 is 18.1 Å². The van der Waals surface area contributed by atoms with Gasteiger partial charge in [0.15, 0.2) is 0 Å². The van der Waals surface area contributed by atoms with Crippen LogP contribution in [0.1, 0.15) is 0 Å². The van der Waals surface area contributed by atoms with E-state index in [4.69, 9.17) is 20.7 Å². The molecule has 128 valence electrons. The van der Waals surface area contributed by atoms with Gasteiger partial charge in [-0.25, -0.2) is 4.79 Å². The summed E-state index contributed by atoms with van der Waals surface area (Å²) in [6.45, 7) is -0.366. The van der Waals surface area contributed by atoms with E-state index in [9.17, 15) is 27.6 Å². The monoisotopic (exact) mass is 395 g/mol. The van der Waals surface area contributed by atoms with E-state index in [0.717, 1.165) is 0 Å². The van der Waals surface area contributed by atoms with Crippen molar-refractivity contribution in [1.29, 1.82) is 0 Å². The number of carboxylic acid groups (broad SMARTS) is 2. The average Bonchev–Trinajstić information content (AvgIpc) is 2.41. The summed E-state index contributed by atoms with van der Waals surface area (Å²) in [4.78, 5) is 40.9. The predicted octanol–water partition coefficient (Wildman–Crippen LogP) is -1.34. The molecule has 22 heavy (non-hydrogen) atoms. The number of amides is 2. The number of nitrogens with two attached hydrogens (primary N) is 1. The van der Waals surface area contributed by atoms with Crippen molar-refractivity contribution in [2.45, 2.75) is 12.2 Å². The van der Waals surface area contributed by atoms with Crippen LogP contribution in [-0.4, -0.2) is 64.6 Å². The van der Waals surface area contributed by atoms with Gasteiger partial charge in [-0.3, -0.25) is 14.4 Å². The van der Waals surface area contributed by atoms with Crippen LogP contribution in [0.5, 0.6) is 0 Å². The molecule has 0 aliphatic heterocycles. The third-order valence-corrected chi connectivity index (χ3v) is 2.16. The number of carboxylic acids is 2. The largest absolute Gasteiger partial charge is 0.490 e. The van der Waals surface area contributed by atoms with E-state index in [1.807, 2.05) is 0 Å². The Hall–Kier alpha value is -1.89. The lowest BCUT2D eigenvalue weighted by molar-refractivity contribution is -0.192. The summed E-state index contributed by atoms with van der Waals surface area (Å²) < 4.78 is 31.7. The van der Waals surface area contributed by atoms with Crippen molar-refractivity contribution in [2.24, 2.45) is 5.73 Å². The van der Waals surface area contributed by atoms with E-state index in [1.165, 1.54) is 0 Å². The molecular formula is C9H13BrF3N3O6. The molecule has 9 nitrogen and oxygen atoms in total. The van der Waals surface area contributed by atoms with Gasteiger partial charge in [0.05, 0.1) is 11.9 Å². The molecule has 0 heterocycles. The Kier molecular flexibility index (Phi) is 11.0. The zero-order valence-corrected chi connectivity index (χ0v) is 12.4. The lowest BCUT2D eigenvalue weighted by Gasteiger charge is -2.08. The van der Waals surface area contributed by atoms with Crippen LogP contribution in [-0.2, 0) is 19.2 Å². The molecule has 1 atom stereocenters. The highest BCUT2D eigenvalue weighted by Gasteiger charge is 2.38. The average molecular weight is 396 g/mol. The first-order valence-electron chi connectivity index (χ1n) is 5.29. The van der Waals surface area contributed by atoms with Gasteiger partial charge in [0.2, 0.25) is 11.8 Å². The van der Waals surface area contributed by atoms with Crippen LogP contribution in [0, 0.1) is 0 Å². The summed E-state index contributed by atoms with van der Waals surface area (Å²) in [5.41, 5.74) is 5.14. The van der Waals surface area contributed by atoms with Crippen molar-refractivity contribution in [3.63, 3.8) is 0 Å². The van der Waals surface area contributed by atoms with Crippen LogP contribution in [0.15, 0.2) is 0 Å². The normalized spacial score (nSPS) is 11.5. The number of halogens is 4. The fourth-order valence-corrected chi connectivity index (χ4v) is 0.798. The molecule has 0 saturated carbocycles. The van der Waals surface area contributed by atoms with E-state index in [1.54, 1.807) is 0 Å². The zero-order chi connectivity index (χ0) is 17.9. The van der Waals surface area contributed by atoms with Gasteiger partial charge in [-0.2, -0.15) is 13.2 Å². The summed E-state index contributed by atoms with van der Waals surface area (Å²) in [6.07, 6.45) is -5.08. The molecule has 0 aromatic carbocycles. The fourth-order valence-electron chi connectivity index (χ4n) is 0.600. The molecule has 0 aromatic rings. The Labute approximate surface area is 130 Å². The molecule has 0 aromatic heterocycles. The Morgan fingerprint density at radius 1 is 1.09 bits per heavy atom. The highest BCUT2D eigenvalue weighted by atomic mass is 79.9. The Morgan fingerprint density at radius 3 is 1.86 bits per heavy atom. The lowest BCUT2D eigenvalue weighted by Crippen LogP contribution is -2.45. The smallest absolute Gasteiger partial charge is 0.480 e. The third kappa shape index (κ3) is 13.1. The van der Waals surface area contributed by atoms with E-state index in [0.29, 0.717) is 0 Å². The summed E-state index contributed by atoms with van der Waals surface area (Å²) in [7, 11) is 0. The lowest BCUT2D eigenvalue weighted by atomic mass is 10.3. The first-order valence-corrected chi connectivity index (χ1v) is 6.41. The van der Waals surface area contributed by atoms with Crippen LogP contribution in [0.3, 0.4) is 0 Å². The molecule has 0 radical (unpaired) electrons. The van der Waals surface area contributed by atoms with Gasteiger partial charge in [0.25, 0.3) is 0 Å². The second kappa shape index (κ2) is 10.8. The highest BCUT2D eigenvalue weighted by Crippen LogP contribution is 2.13. The minimum atomic E-state index is -5.08.